The summed E-state index contributed by atoms with van der Waals surface area (Å²) in [5.41, 5.74) is 7.52. The smallest absolute Gasteiger partial charge is 0.126 e. The summed E-state index contributed by atoms with van der Waals surface area (Å²) in [7, 11) is 0. The molecule has 96 valence electrons. The van der Waals surface area contributed by atoms with Crippen LogP contribution in [0.25, 0.3) is 0 Å². The maximum Gasteiger partial charge on any atom is 0.126 e. The molecule has 0 fully saturated rings. The van der Waals surface area contributed by atoms with Crippen molar-refractivity contribution in [2.75, 3.05) is 6.61 Å². The number of ether oxygens (including phenoxy) is 1. The number of rotatable bonds is 4. The molecule has 0 spiro atoms. The average molecular weight is 237 g/mol. The molecule has 0 saturated carbocycles. The first-order valence-corrected chi connectivity index (χ1v) is 5.95. The molecule has 0 bridgehead atoms. The van der Waals surface area contributed by atoms with Crippen LogP contribution in [-0.2, 0) is 6.54 Å². The number of aliphatic hydroxyl groups is 1. The van der Waals surface area contributed by atoms with Crippen LogP contribution in [0.15, 0.2) is 18.2 Å². The van der Waals surface area contributed by atoms with Crippen LogP contribution in [-0.4, -0.2) is 17.8 Å². The molecule has 0 aliphatic carbocycles. The van der Waals surface area contributed by atoms with Gasteiger partial charge in [-0.15, -0.1) is 0 Å². The Bertz CT molecular complexity index is 369. The van der Waals surface area contributed by atoms with E-state index in [1.807, 2.05) is 45.9 Å². The molecular weight excluding hydrogens is 214 g/mol. The van der Waals surface area contributed by atoms with Gasteiger partial charge in [-0.2, -0.15) is 0 Å². The second-order valence-electron chi connectivity index (χ2n) is 5.46. The molecule has 3 N–H and O–H groups in total. The number of hydrogen-bond donors (Lipinski definition) is 2. The molecule has 1 atom stereocenters. The van der Waals surface area contributed by atoms with Crippen LogP contribution in [0.3, 0.4) is 0 Å². The van der Waals surface area contributed by atoms with Crippen molar-refractivity contribution in [1.29, 1.82) is 0 Å². The topological polar surface area (TPSA) is 55.5 Å². The van der Waals surface area contributed by atoms with E-state index in [1.165, 1.54) is 0 Å². The minimum atomic E-state index is -0.493. The zero-order valence-electron chi connectivity index (χ0n) is 11.2. The molecule has 0 aliphatic heterocycles. The van der Waals surface area contributed by atoms with E-state index >= 15 is 0 Å². The van der Waals surface area contributed by atoms with Gasteiger partial charge in [0.25, 0.3) is 0 Å². The summed E-state index contributed by atoms with van der Waals surface area (Å²) >= 11 is 0. The van der Waals surface area contributed by atoms with Crippen molar-refractivity contribution in [2.24, 2.45) is 11.1 Å². The monoisotopic (exact) mass is 237 g/mol. The Morgan fingerprint density at radius 3 is 2.53 bits per heavy atom. The van der Waals surface area contributed by atoms with Gasteiger partial charge >= 0.3 is 0 Å². The van der Waals surface area contributed by atoms with Crippen molar-refractivity contribution in [2.45, 2.75) is 40.3 Å². The molecule has 0 radical (unpaired) electrons. The van der Waals surface area contributed by atoms with Crippen molar-refractivity contribution >= 4 is 0 Å². The first-order chi connectivity index (χ1) is 7.86. The third-order valence-electron chi connectivity index (χ3n) is 2.90. The highest BCUT2D eigenvalue weighted by molar-refractivity contribution is 5.40. The van der Waals surface area contributed by atoms with Crippen LogP contribution in [0.4, 0.5) is 0 Å². The summed E-state index contributed by atoms with van der Waals surface area (Å²) in [5, 5.41) is 9.95. The number of hydrogen-bond acceptors (Lipinski definition) is 3. The van der Waals surface area contributed by atoms with E-state index in [4.69, 9.17) is 10.5 Å². The van der Waals surface area contributed by atoms with Crippen LogP contribution < -0.4 is 10.5 Å². The fraction of sp³-hybridized carbons (Fsp3) is 0.571. The number of nitrogens with two attached hydrogens (primary N) is 1. The largest absolute Gasteiger partial charge is 0.490 e. The van der Waals surface area contributed by atoms with Gasteiger partial charge in [-0.1, -0.05) is 39.0 Å². The Kier molecular flexibility index (Phi) is 4.54. The second-order valence-corrected chi connectivity index (χ2v) is 5.46. The maximum atomic E-state index is 9.95. The lowest BCUT2D eigenvalue weighted by Crippen LogP contribution is -2.32. The first kappa shape index (κ1) is 14.0. The van der Waals surface area contributed by atoms with Crippen molar-refractivity contribution in [3.05, 3.63) is 29.3 Å². The summed E-state index contributed by atoms with van der Waals surface area (Å²) in [6.45, 7) is 8.69. The molecule has 0 amide bonds. The number of aliphatic hydroxyl groups excluding tert-OH is 1. The maximum absolute atomic E-state index is 9.95. The predicted octanol–water partition coefficient (Wildman–Crippen LogP) is 2.24. The normalized spacial score (nSPS) is 13.5. The molecular formula is C14H23NO2. The van der Waals surface area contributed by atoms with Gasteiger partial charge in [0.1, 0.15) is 12.4 Å². The summed E-state index contributed by atoms with van der Waals surface area (Å²) in [5.74, 6) is 0.804. The van der Waals surface area contributed by atoms with E-state index in [0.717, 1.165) is 16.9 Å². The summed E-state index contributed by atoms with van der Waals surface area (Å²) in [4.78, 5) is 0. The Morgan fingerprint density at radius 2 is 2.00 bits per heavy atom. The Morgan fingerprint density at radius 1 is 1.35 bits per heavy atom. The van der Waals surface area contributed by atoms with Gasteiger partial charge in [0.15, 0.2) is 0 Å². The lowest BCUT2D eigenvalue weighted by atomic mass is 9.90. The highest BCUT2D eigenvalue weighted by Crippen LogP contribution is 2.25. The third kappa shape index (κ3) is 3.72. The fourth-order valence-electron chi connectivity index (χ4n) is 1.49. The van der Waals surface area contributed by atoms with Gasteiger partial charge in [0.05, 0.1) is 6.10 Å². The van der Waals surface area contributed by atoms with E-state index in [1.54, 1.807) is 0 Å². The van der Waals surface area contributed by atoms with E-state index in [2.05, 4.69) is 0 Å². The van der Waals surface area contributed by atoms with Gasteiger partial charge < -0.3 is 15.6 Å². The summed E-state index contributed by atoms with van der Waals surface area (Å²) in [6, 6.07) is 5.90. The minimum Gasteiger partial charge on any atom is -0.490 e. The van der Waals surface area contributed by atoms with Gasteiger partial charge in [-0.05, 0) is 17.9 Å². The number of para-hydroxylation sites is 1. The molecule has 0 aromatic heterocycles. The molecule has 0 aliphatic rings. The van der Waals surface area contributed by atoms with Crippen LogP contribution in [0.2, 0.25) is 0 Å². The summed E-state index contributed by atoms with van der Waals surface area (Å²) in [6.07, 6.45) is -0.493. The van der Waals surface area contributed by atoms with Crippen LogP contribution in [0.5, 0.6) is 5.75 Å². The van der Waals surface area contributed by atoms with E-state index in [9.17, 15) is 5.11 Å². The zero-order chi connectivity index (χ0) is 13.1. The van der Waals surface area contributed by atoms with Crippen molar-refractivity contribution in [3.63, 3.8) is 0 Å². The van der Waals surface area contributed by atoms with Crippen molar-refractivity contribution in [3.8, 4) is 5.75 Å². The van der Waals surface area contributed by atoms with Gasteiger partial charge in [0, 0.05) is 12.1 Å². The molecule has 1 unspecified atom stereocenters. The molecule has 17 heavy (non-hydrogen) atoms. The molecule has 3 nitrogen and oxygen atoms in total. The first-order valence-electron chi connectivity index (χ1n) is 5.95. The SMILES string of the molecule is Cc1cccc(CN)c1OCC(O)C(C)(C)C. The van der Waals surface area contributed by atoms with Gasteiger partial charge in [-0.25, -0.2) is 0 Å². The lowest BCUT2D eigenvalue weighted by Gasteiger charge is -2.26. The Balaban J connectivity index is 2.76. The van der Waals surface area contributed by atoms with Crippen LogP contribution in [0.1, 0.15) is 31.9 Å². The van der Waals surface area contributed by atoms with E-state index < -0.39 is 6.10 Å². The Hall–Kier alpha value is -1.06. The molecule has 3 heteroatoms. The van der Waals surface area contributed by atoms with Gasteiger partial charge in [-0.3, -0.25) is 0 Å². The molecule has 1 aromatic rings. The predicted molar refractivity (Wildman–Crippen MR) is 70.0 cm³/mol. The highest BCUT2D eigenvalue weighted by atomic mass is 16.5. The quantitative estimate of drug-likeness (QED) is 0.844. The number of aryl methyl sites for hydroxylation is 1. The zero-order valence-corrected chi connectivity index (χ0v) is 11.2. The lowest BCUT2D eigenvalue weighted by molar-refractivity contribution is 0.0214. The minimum absolute atomic E-state index is 0.175. The van der Waals surface area contributed by atoms with Crippen LogP contribution in [0, 0.1) is 12.3 Å². The summed E-state index contributed by atoms with van der Waals surface area (Å²) < 4.78 is 5.72. The highest BCUT2D eigenvalue weighted by Gasteiger charge is 2.23. The molecule has 0 saturated heterocycles. The molecule has 0 heterocycles. The molecule has 1 aromatic carbocycles. The fourth-order valence-corrected chi connectivity index (χ4v) is 1.49. The number of benzene rings is 1. The second kappa shape index (κ2) is 5.52. The van der Waals surface area contributed by atoms with Crippen molar-refractivity contribution in [1.82, 2.24) is 0 Å². The Labute approximate surface area is 104 Å². The van der Waals surface area contributed by atoms with E-state index in [-0.39, 0.29) is 5.41 Å². The van der Waals surface area contributed by atoms with Gasteiger partial charge in [0.2, 0.25) is 0 Å². The van der Waals surface area contributed by atoms with E-state index in [0.29, 0.717) is 13.2 Å². The molecule has 1 rings (SSSR count). The standard InChI is InChI=1S/C14H23NO2/c1-10-6-5-7-11(8-15)13(10)17-9-12(16)14(2,3)4/h5-7,12,16H,8-9,15H2,1-4H3. The third-order valence-corrected chi connectivity index (χ3v) is 2.90. The van der Waals surface area contributed by atoms with Crippen molar-refractivity contribution < 1.29 is 9.84 Å². The average Bonchev–Trinajstić information content (AvgIpc) is 2.25. The van der Waals surface area contributed by atoms with Crippen LogP contribution >= 0.6 is 0 Å².